The molecule has 1 aromatic carbocycles. The van der Waals surface area contributed by atoms with Crippen molar-refractivity contribution in [3.63, 3.8) is 0 Å². The third-order valence-electron chi connectivity index (χ3n) is 3.88. The van der Waals surface area contributed by atoms with Crippen LogP contribution >= 0.6 is 0 Å². The zero-order valence-corrected chi connectivity index (χ0v) is 13.4. The fourth-order valence-electron chi connectivity index (χ4n) is 2.71. The van der Waals surface area contributed by atoms with Crippen LogP contribution in [-0.4, -0.2) is 44.8 Å². The molecule has 0 aromatic heterocycles. The molecule has 2 rings (SSSR count). The molecule has 4 heteroatoms. The van der Waals surface area contributed by atoms with Gasteiger partial charge in [0.1, 0.15) is 6.61 Å². The fraction of sp³-hybridized carbons (Fsp3) is 0.647. The molecule has 1 aliphatic heterocycles. The normalized spacial score (nSPS) is 15.3. The second-order valence-electron chi connectivity index (χ2n) is 5.52. The average molecular weight is 292 g/mol. The fourth-order valence-corrected chi connectivity index (χ4v) is 2.71. The maximum Gasteiger partial charge on any atom is 0.165 e. The van der Waals surface area contributed by atoms with Crippen LogP contribution in [0.25, 0.3) is 0 Å². The van der Waals surface area contributed by atoms with E-state index in [9.17, 15) is 0 Å². The molecule has 0 radical (unpaired) electrons. The number of methoxy groups -OCH3 is 1. The smallest absolute Gasteiger partial charge is 0.165 e. The highest BCUT2D eigenvalue weighted by atomic mass is 16.5. The number of benzene rings is 1. The van der Waals surface area contributed by atoms with Gasteiger partial charge in [0.15, 0.2) is 11.5 Å². The predicted molar refractivity (Wildman–Crippen MR) is 86.2 cm³/mol. The van der Waals surface area contributed by atoms with Crippen molar-refractivity contribution in [3.05, 3.63) is 23.8 Å². The van der Waals surface area contributed by atoms with E-state index >= 15 is 0 Å². The van der Waals surface area contributed by atoms with Crippen LogP contribution in [0, 0.1) is 0 Å². The van der Waals surface area contributed by atoms with Gasteiger partial charge in [0.2, 0.25) is 0 Å². The minimum absolute atomic E-state index is 0.723. The Morgan fingerprint density at radius 1 is 1.24 bits per heavy atom. The van der Waals surface area contributed by atoms with Gasteiger partial charge in [0.25, 0.3) is 0 Å². The lowest BCUT2D eigenvalue weighted by atomic mass is 10.2. The van der Waals surface area contributed by atoms with E-state index in [-0.39, 0.29) is 0 Å². The standard InChI is InChI=1S/C17H28N2O2/c1-3-9-18-14-15-7-6-8-16(20-2)17(15)21-13-12-19-10-4-5-11-19/h6-8,18H,3-5,9-14H2,1-2H3. The second kappa shape index (κ2) is 8.90. The third-order valence-corrected chi connectivity index (χ3v) is 3.88. The van der Waals surface area contributed by atoms with Gasteiger partial charge in [-0.05, 0) is 45.0 Å². The molecule has 0 bridgehead atoms. The number of nitrogens with one attached hydrogen (secondary N) is 1. The number of hydrogen-bond acceptors (Lipinski definition) is 4. The largest absolute Gasteiger partial charge is 0.493 e. The SMILES string of the molecule is CCCNCc1cccc(OC)c1OCCN1CCCC1. The van der Waals surface area contributed by atoms with Gasteiger partial charge in [-0.25, -0.2) is 0 Å². The highest BCUT2D eigenvalue weighted by Gasteiger charge is 2.13. The molecule has 0 atom stereocenters. The van der Waals surface area contributed by atoms with Crippen LogP contribution in [0.5, 0.6) is 11.5 Å². The first-order chi connectivity index (χ1) is 10.3. The Balaban J connectivity index is 1.93. The first-order valence-corrected chi connectivity index (χ1v) is 8.07. The predicted octanol–water partition coefficient (Wildman–Crippen LogP) is 2.67. The second-order valence-corrected chi connectivity index (χ2v) is 5.52. The molecule has 0 aliphatic carbocycles. The Hall–Kier alpha value is -1.26. The molecular weight excluding hydrogens is 264 g/mol. The van der Waals surface area contributed by atoms with E-state index in [0.29, 0.717) is 0 Å². The van der Waals surface area contributed by atoms with Crippen LogP contribution in [0.1, 0.15) is 31.7 Å². The number of para-hydroxylation sites is 1. The molecule has 1 aliphatic rings. The van der Waals surface area contributed by atoms with Crippen molar-refractivity contribution >= 4 is 0 Å². The highest BCUT2D eigenvalue weighted by Crippen LogP contribution is 2.31. The maximum absolute atomic E-state index is 6.05. The number of nitrogens with zero attached hydrogens (tertiary/aromatic N) is 1. The minimum Gasteiger partial charge on any atom is -0.493 e. The molecule has 118 valence electrons. The molecule has 0 spiro atoms. The van der Waals surface area contributed by atoms with Crippen molar-refractivity contribution in [2.75, 3.05) is 39.9 Å². The number of ether oxygens (including phenoxy) is 2. The Labute approximate surface area is 128 Å². The van der Waals surface area contributed by atoms with Crippen LogP contribution in [0.3, 0.4) is 0 Å². The zero-order valence-electron chi connectivity index (χ0n) is 13.4. The van der Waals surface area contributed by atoms with Gasteiger partial charge in [0.05, 0.1) is 7.11 Å². The molecule has 21 heavy (non-hydrogen) atoms. The van der Waals surface area contributed by atoms with Crippen molar-refractivity contribution in [1.29, 1.82) is 0 Å². The summed E-state index contributed by atoms with van der Waals surface area (Å²) in [4.78, 5) is 2.46. The molecule has 1 N–H and O–H groups in total. The van der Waals surface area contributed by atoms with Crippen LogP contribution in [0.2, 0.25) is 0 Å². The highest BCUT2D eigenvalue weighted by molar-refractivity contribution is 5.46. The average Bonchev–Trinajstić information content (AvgIpc) is 3.02. The summed E-state index contributed by atoms with van der Waals surface area (Å²) in [5, 5.41) is 3.43. The van der Waals surface area contributed by atoms with E-state index < -0.39 is 0 Å². The lowest BCUT2D eigenvalue weighted by Gasteiger charge is -2.18. The van der Waals surface area contributed by atoms with Crippen molar-refractivity contribution in [3.8, 4) is 11.5 Å². The monoisotopic (exact) mass is 292 g/mol. The summed E-state index contributed by atoms with van der Waals surface area (Å²) in [5.41, 5.74) is 1.17. The van der Waals surface area contributed by atoms with E-state index in [1.165, 1.54) is 31.5 Å². The van der Waals surface area contributed by atoms with E-state index in [4.69, 9.17) is 9.47 Å². The summed E-state index contributed by atoms with van der Waals surface area (Å²) in [7, 11) is 1.70. The quantitative estimate of drug-likeness (QED) is 0.710. The molecule has 1 heterocycles. The van der Waals surface area contributed by atoms with Crippen LogP contribution in [0.15, 0.2) is 18.2 Å². The molecule has 4 nitrogen and oxygen atoms in total. The van der Waals surface area contributed by atoms with E-state index in [0.717, 1.165) is 44.2 Å². The van der Waals surface area contributed by atoms with Gasteiger partial charge in [0, 0.05) is 18.7 Å². The topological polar surface area (TPSA) is 33.7 Å². The Morgan fingerprint density at radius 3 is 2.76 bits per heavy atom. The Morgan fingerprint density at radius 2 is 2.05 bits per heavy atom. The van der Waals surface area contributed by atoms with Gasteiger partial charge in [-0.2, -0.15) is 0 Å². The summed E-state index contributed by atoms with van der Waals surface area (Å²) in [5.74, 6) is 1.72. The summed E-state index contributed by atoms with van der Waals surface area (Å²) in [6, 6.07) is 6.10. The van der Waals surface area contributed by atoms with E-state index in [2.05, 4.69) is 23.2 Å². The van der Waals surface area contributed by atoms with Gasteiger partial charge in [-0.3, -0.25) is 4.90 Å². The van der Waals surface area contributed by atoms with Crippen molar-refractivity contribution in [2.24, 2.45) is 0 Å². The van der Waals surface area contributed by atoms with Crippen LogP contribution in [-0.2, 0) is 6.54 Å². The van der Waals surface area contributed by atoms with Gasteiger partial charge in [-0.1, -0.05) is 19.1 Å². The Bertz CT molecular complexity index is 417. The van der Waals surface area contributed by atoms with Crippen molar-refractivity contribution < 1.29 is 9.47 Å². The summed E-state index contributed by atoms with van der Waals surface area (Å²) < 4.78 is 11.5. The lowest BCUT2D eigenvalue weighted by Crippen LogP contribution is -2.25. The molecule has 1 aromatic rings. The summed E-state index contributed by atoms with van der Waals surface area (Å²) in [6.07, 6.45) is 3.77. The summed E-state index contributed by atoms with van der Waals surface area (Å²) >= 11 is 0. The van der Waals surface area contributed by atoms with Crippen LogP contribution < -0.4 is 14.8 Å². The Kier molecular flexibility index (Phi) is 6.83. The lowest BCUT2D eigenvalue weighted by molar-refractivity contribution is 0.228. The molecule has 0 amide bonds. The number of likely N-dealkylation sites (tertiary alicyclic amines) is 1. The van der Waals surface area contributed by atoms with Crippen LogP contribution in [0.4, 0.5) is 0 Å². The van der Waals surface area contributed by atoms with Gasteiger partial charge >= 0.3 is 0 Å². The molecule has 0 saturated carbocycles. The minimum atomic E-state index is 0.723. The first kappa shape index (κ1) is 16.1. The molecule has 0 unspecified atom stereocenters. The number of hydrogen-bond donors (Lipinski definition) is 1. The van der Waals surface area contributed by atoms with Gasteiger partial charge < -0.3 is 14.8 Å². The number of rotatable bonds is 9. The van der Waals surface area contributed by atoms with E-state index in [1.807, 2.05) is 12.1 Å². The third kappa shape index (κ3) is 4.90. The van der Waals surface area contributed by atoms with E-state index in [1.54, 1.807) is 7.11 Å². The van der Waals surface area contributed by atoms with Gasteiger partial charge in [-0.15, -0.1) is 0 Å². The first-order valence-electron chi connectivity index (χ1n) is 8.07. The maximum atomic E-state index is 6.05. The summed E-state index contributed by atoms with van der Waals surface area (Å²) in [6.45, 7) is 8.15. The molecule has 1 fully saturated rings. The van der Waals surface area contributed by atoms with Crippen molar-refractivity contribution in [2.45, 2.75) is 32.7 Å². The molecule has 1 saturated heterocycles. The van der Waals surface area contributed by atoms with Crippen molar-refractivity contribution in [1.82, 2.24) is 10.2 Å². The zero-order chi connectivity index (χ0) is 14.9. The molecular formula is C17H28N2O2.